The number of hydrogen-bond donors (Lipinski definition) is 1. The number of benzene rings is 2. The second-order valence-electron chi connectivity index (χ2n) is 9.00. The first kappa shape index (κ1) is 24.3. The molecule has 1 unspecified atom stereocenters. The molecule has 0 saturated carbocycles. The molecule has 36 heavy (non-hydrogen) atoms. The average molecular weight is 509 g/mol. The SMILES string of the molecule is CCCC(=O)N1N=C(c2c(N3CCOCC3)c3cc(Cl)ccc3[nH]c2=O)CC1c1ccc(OC)cc1. The van der Waals surface area contributed by atoms with Crippen molar-refractivity contribution in [3.05, 3.63) is 69.0 Å². The van der Waals surface area contributed by atoms with Gasteiger partial charge in [-0.05, 0) is 42.3 Å². The molecule has 0 radical (unpaired) electrons. The Morgan fingerprint density at radius 1 is 1.19 bits per heavy atom. The molecule has 3 aromatic rings. The first-order chi connectivity index (χ1) is 17.5. The van der Waals surface area contributed by atoms with Crippen molar-refractivity contribution in [1.29, 1.82) is 0 Å². The van der Waals surface area contributed by atoms with Gasteiger partial charge in [-0.1, -0.05) is 30.7 Å². The predicted octanol–water partition coefficient (Wildman–Crippen LogP) is 4.50. The Kier molecular flexibility index (Phi) is 6.98. The van der Waals surface area contributed by atoms with Crippen LogP contribution in [0.25, 0.3) is 10.9 Å². The van der Waals surface area contributed by atoms with E-state index in [-0.39, 0.29) is 17.5 Å². The van der Waals surface area contributed by atoms with Crippen molar-refractivity contribution in [3.63, 3.8) is 0 Å². The van der Waals surface area contributed by atoms with Gasteiger partial charge in [-0.15, -0.1) is 0 Å². The molecule has 188 valence electrons. The van der Waals surface area contributed by atoms with Crippen molar-refractivity contribution < 1.29 is 14.3 Å². The first-order valence-corrected chi connectivity index (χ1v) is 12.6. The summed E-state index contributed by atoms with van der Waals surface area (Å²) in [6.07, 6.45) is 1.52. The van der Waals surface area contributed by atoms with Crippen LogP contribution in [0.5, 0.6) is 5.75 Å². The van der Waals surface area contributed by atoms with E-state index in [4.69, 9.17) is 26.2 Å². The first-order valence-electron chi connectivity index (χ1n) is 12.2. The number of nitrogens with zero attached hydrogens (tertiary/aromatic N) is 3. The summed E-state index contributed by atoms with van der Waals surface area (Å²) >= 11 is 6.38. The van der Waals surface area contributed by atoms with E-state index >= 15 is 0 Å². The molecule has 1 atom stereocenters. The number of halogens is 1. The molecule has 9 heteroatoms. The maximum absolute atomic E-state index is 13.6. The van der Waals surface area contributed by atoms with Gasteiger partial charge in [0.1, 0.15) is 5.75 Å². The number of hydrogen-bond acceptors (Lipinski definition) is 6. The average Bonchev–Trinajstić information content (AvgIpc) is 3.34. The van der Waals surface area contributed by atoms with Gasteiger partial charge in [-0.3, -0.25) is 9.59 Å². The maximum atomic E-state index is 13.6. The number of carbonyl (C=O) groups excluding carboxylic acids is 1. The minimum atomic E-state index is -0.308. The Hall–Kier alpha value is -3.36. The molecule has 3 heterocycles. The van der Waals surface area contributed by atoms with Crippen LogP contribution in [-0.4, -0.2) is 55.0 Å². The van der Waals surface area contributed by atoms with Crippen LogP contribution in [0.3, 0.4) is 0 Å². The highest BCUT2D eigenvalue weighted by molar-refractivity contribution is 6.31. The third kappa shape index (κ3) is 4.58. The molecular formula is C27H29ClN4O4. The standard InChI is InChI=1S/C27H29ClN4O4/c1-3-4-24(33)32-23(17-5-8-19(35-2)9-6-17)16-22(30-32)25-26(31-11-13-36-14-12-31)20-15-18(28)7-10-21(20)29-27(25)34/h5-10,15,23H,3-4,11-14,16H2,1-2H3,(H,29,34). The molecule has 1 aromatic heterocycles. The van der Waals surface area contributed by atoms with Gasteiger partial charge in [-0.25, -0.2) is 5.01 Å². The second-order valence-corrected chi connectivity index (χ2v) is 9.43. The number of anilines is 1. The van der Waals surface area contributed by atoms with Crippen molar-refractivity contribution in [3.8, 4) is 5.75 Å². The maximum Gasteiger partial charge on any atom is 0.259 e. The number of carbonyl (C=O) groups is 1. The van der Waals surface area contributed by atoms with Crippen LogP contribution in [0.4, 0.5) is 5.69 Å². The van der Waals surface area contributed by atoms with Crippen LogP contribution in [0.15, 0.2) is 52.4 Å². The molecule has 1 N–H and O–H groups in total. The molecule has 0 aliphatic carbocycles. The number of H-pyrrole nitrogens is 1. The van der Waals surface area contributed by atoms with Crippen molar-refractivity contribution in [1.82, 2.24) is 9.99 Å². The van der Waals surface area contributed by atoms with Gasteiger partial charge in [0.15, 0.2) is 0 Å². The molecule has 2 aliphatic rings. The monoisotopic (exact) mass is 508 g/mol. The summed E-state index contributed by atoms with van der Waals surface area (Å²) in [5, 5.41) is 7.76. The predicted molar refractivity (Wildman–Crippen MR) is 141 cm³/mol. The fraction of sp³-hybridized carbons (Fsp3) is 0.370. The summed E-state index contributed by atoms with van der Waals surface area (Å²) in [7, 11) is 1.62. The van der Waals surface area contributed by atoms with Crippen molar-refractivity contribution in [2.75, 3.05) is 38.3 Å². The van der Waals surface area contributed by atoms with Gasteiger partial charge in [0.25, 0.3) is 5.56 Å². The number of aromatic amines is 1. The number of hydrazone groups is 1. The molecule has 2 aliphatic heterocycles. The van der Waals surface area contributed by atoms with E-state index in [9.17, 15) is 9.59 Å². The van der Waals surface area contributed by atoms with Crippen LogP contribution >= 0.6 is 11.6 Å². The zero-order chi connectivity index (χ0) is 25.2. The van der Waals surface area contributed by atoms with E-state index in [1.54, 1.807) is 18.2 Å². The number of pyridine rings is 1. The molecule has 1 fully saturated rings. The minimum Gasteiger partial charge on any atom is -0.497 e. The van der Waals surface area contributed by atoms with Crippen LogP contribution in [0.1, 0.15) is 43.4 Å². The highest BCUT2D eigenvalue weighted by Crippen LogP contribution is 2.38. The van der Waals surface area contributed by atoms with E-state index < -0.39 is 0 Å². The number of amides is 1. The zero-order valence-corrected chi connectivity index (χ0v) is 21.2. The summed E-state index contributed by atoms with van der Waals surface area (Å²) in [5.74, 6) is 0.670. The number of rotatable bonds is 6. The topological polar surface area (TPSA) is 87.2 Å². The third-order valence-corrected chi connectivity index (χ3v) is 6.93. The van der Waals surface area contributed by atoms with Crippen molar-refractivity contribution >= 4 is 39.8 Å². The Balaban J connectivity index is 1.65. The molecule has 1 amide bonds. The number of methoxy groups -OCH3 is 1. The minimum absolute atomic E-state index is 0.0681. The van der Waals surface area contributed by atoms with E-state index in [1.165, 1.54) is 0 Å². The Morgan fingerprint density at radius 3 is 2.64 bits per heavy atom. The van der Waals surface area contributed by atoms with Gasteiger partial charge in [-0.2, -0.15) is 5.10 Å². The number of morpholine rings is 1. The summed E-state index contributed by atoms with van der Waals surface area (Å²) in [6.45, 7) is 4.39. The van der Waals surface area contributed by atoms with E-state index in [0.717, 1.165) is 22.4 Å². The Morgan fingerprint density at radius 2 is 1.94 bits per heavy atom. The fourth-order valence-corrected chi connectivity index (χ4v) is 5.11. The summed E-state index contributed by atoms with van der Waals surface area (Å²) in [6, 6.07) is 12.8. The summed E-state index contributed by atoms with van der Waals surface area (Å²) in [4.78, 5) is 31.8. The van der Waals surface area contributed by atoms with Crippen LogP contribution in [0, 0.1) is 0 Å². The molecule has 2 aromatic carbocycles. The normalized spacial score (nSPS) is 18.0. The van der Waals surface area contributed by atoms with Gasteiger partial charge in [0.2, 0.25) is 5.91 Å². The van der Waals surface area contributed by atoms with Crippen molar-refractivity contribution in [2.45, 2.75) is 32.2 Å². The highest BCUT2D eigenvalue weighted by atomic mass is 35.5. The van der Waals surface area contributed by atoms with E-state index in [2.05, 4.69) is 9.88 Å². The number of nitrogens with one attached hydrogen (secondary N) is 1. The van der Waals surface area contributed by atoms with Gasteiger partial charge in [0.05, 0.1) is 48.8 Å². The Bertz CT molecular complexity index is 1360. The quantitative estimate of drug-likeness (QED) is 0.529. The molecule has 5 rings (SSSR count). The van der Waals surface area contributed by atoms with Crippen LogP contribution in [-0.2, 0) is 9.53 Å². The lowest BCUT2D eigenvalue weighted by Crippen LogP contribution is -2.38. The number of fused-ring (bicyclic) bond motifs is 1. The van der Waals surface area contributed by atoms with Crippen LogP contribution in [0.2, 0.25) is 5.02 Å². The van der Waals surface area contributed by atoms with Gasteiger partial charge >= 0.3 is 0 Å². The molecule has 1 saturated heterocycles. The Labute approximate surface area is 214 Å². The van der Waals surface area contributed by atoms with E-state index in [0.29, 0.717) is 67.4 Å². The second kappa shape index (κ2) is 10.3. The van der Waals surface area contributed by atoms with Crippen LogP contribution < -0.4 is 15.2 Å². The summed E-state index contributed by atoms with van der Waals surface area (Å²) in [5.41, 5.74) is 3.27. The van der Waals surface area contributed by atoms with Crippen molar-refractivity contribution in [2.24, 2.45) is 5.10 Å². The highest BCUT2D eigenvalue weighted by Gasteiger charge is 2.36. The van der Waals surface area contributed by atoms with E-state index in [1.807, 2.05) is 43.3 Å². The smallest absolute Gasteiger partial charge is 0.259 e. The fourth-order valence-electron chi connectivity index (χ4n) is 4.94. The molecule has 8 nitrogen and oxygen atoms in total. The van der Waals surface area contributed by atoms with Gasteiger partial charge in [0, 0.05) is 36.3 Å². The third-order valence-electron chi connectivity index (χ3n) is 6.70. The molecule has 0 bridgehead atoms. The lowest BCUT2D eigenvalue weighted by molar-refractivity contribution is -0.133. The number of ether oxygens (including phenoxy) is 2. The number of aromatic nitrogens is 1. The molecule has 0 spiro atoms. The lowest BCUT2D eigenvalue weighted by Gasteiger charge is -2.31. The lowest BCUT2D eigenvalue weighted by atomic mass is 9.96. The zero-order valence-electron chi connectivity index (χ0n) is 20.4. The summed E-state index contributed by atoms with van der Waals surface area (Å²) < 4.78 is 10.9. The molecular weight excluding hydrogens is 480 g/mol. The largest absolute Gasteiger partial charge is 0.497 e. The van der Waals surface area contributed by atoms with Gasteiger partial charge < -0.3 is 19.4 Å².